The Balaban J connectivity index is 1.53. The van der Waals surface area contributed by atoms with Gasteiger partial charge in [-0.05, 0) is 32.1 Å². The first-order valence-corrected chi connectivity index (χ1v) is 9.51. The van der Waals surface area contributed by atoms with E-state index in [4.69, 9.17) is 4.52 Å². The smallest absolute Gasteiger partial charge is 0.310 e. The van der Waals surface area contributed by atoms with Crippen LogP contribution >= 0.6 is 0 Å². The average Bonchev–Trinajstić information content (AvgIpc) is 3.15. The molecule has 1 aromatic carbocycles. The van der Waals surface area contributed by atoms with Crippen molar-refractivity contribution in [2.24, 2.45) is 5.41 Å². The third kappa shape index (κ3) is 3.34. The highest BCUT2D eigenvalue weighted by Gasteiger charge is 2.47. The summed E-state index contributed by atoms with van der Waals surface area (Å²) < 4.78 is 5.49. The number of likely N-dealkylation sites (tertiary alicyclic amines) is 1. The molecule has 4 rings (SSSR count). The van der Waals surface area contributed by atoms with E-state index in [1.165, 1.54) is 0 Å². The third-order valence-electron chi connectivity index (χ3n) is 5.84. The highest BCUT2D eigenvalue weighted by Crippen LogP contribution is 2.45. The zero-order chi connectivity index (χ0) is 18.9. The molecule has 0 spiro atoms. The fourth-order valence-electron chi connectivity index (χ4n) is 4.02. The van der Waals surface area contributed by atoms with E-state index in [0.29, 0.717) is 31.1 Å². The molecule has 1 amide bonds. The van der Waals surface area contributed by atoms with Crippen LogP contribution in [0.3, 0.4) is 0 Å². The Labute approximate surface area is 157 Å². The molecule has 142 valence electrons. The maximum atomic E-state index is 12.9. The van der Waals surface area contributed by atoms with Crippen molar-refractivity contribution in [3.8, 4) is 11.4 Å². The van der Waals surface area contributed by atoms with E-state index in [-0.39, 0.29) is 18.4 Å². The minimum absolute atomic E-state index is 0.0541. The summed E-state index contributed by atoms with van der Waals surface area (Å²) in [5.74, 6) is -0.0504. The number of carboxylic acid groups (broad SMARTS) is 1. The monoisotopic (exact) mass is 369 g/mol. The summed E-state index contributed by atoms with van der Waals surface area (Å²) in [4.78, 5) is 30.8. The van der Waals surface area contributed by atoms with Crippen molar-refractivity contribution in [2.45, 2.75) is 51.0 Å². The van der Waals surface area contributed by atoms with Crippen molar-refractivity contribution >= 4 is 11.9 Å². The summed E-state index contributed by atoms with van der Waals surface area (Å²) in [6, 6.07) is 9.28. The molecule has 1 aliphatic carbocycles. The van der Waals surface area contributed by atoms with Gasteiger partial charge in [-0.2, -0.15) is 4.98 Å². The predicted octanol–water partition coefficient (Wildman–Crippen LogP) is 3.44. The molecule has 7 nitrogen and oxygen atoms in total. The number of piperidine rings is 1. The summed E-state index contributed by atoms with van der Waals surface area (Å²) in [6.45, 7) is 0.599. The van der Waals surface area contributed by atoms with Crippen LogP contribution in [0.25, 0.3) is 11.4 Å². The average molecular weight is 369 g/mol. The van der Waals surface area contributed by atoms with E-state index in [9.17, 15) is 14.7 Å². The second-order valence-electron chi connectivity index (χ2n) is 7.54. The third-order valence-corrected chi connectivity index (χ3v) is 5.84. The molecule has 27 heavy (non-hydrogen) atoms. The van der Waals surface area contributed by atoms with Crippen LogP contribution in [0.2, 0.25) is 0 Å². The van der Waals surface area contributed by atoms with Crippen molar-refractivity contribution in [2.75, 3.05) is 6.54 Å². The first kappa shape index (κ1) is 17.7. The number of amides is 1. The number of rotatable bonds is 5. The molecule has 0 radical (unpaired) electrons. The number of aromatic nitrogens is 2. The molecule has 7 heteroatoms. The lowest BCUT2D eigenvalue weighted by molar-refractivity contribution is -0.160. The maximum absolute atomic E-state index is 12.9. The zero-order valence-electron chi connectivity index (χ0n) is 15.1. The van der Waals surface area contributed by atoms with Crippen molar-refractivity contribution in [3.05, 3.63) is 36.2 Å². The molecule has 1 saturated carbocycles. The largest absolute Gasteiger partial charge is 0.481 e. The number of carbonyl (C=O) groups is 2. The number of carbonyl (C=O) groups excluding carboxylic acids is 1. The van der Waals surface area contributed by atoms with Gasteiger partial charge in [0.05, 0.1) is 5.41 Å². The number of carboxylic acids is 1. The van der Waals surface area contributed by atoms with Gasteiger partial charge in [0.1, 0.15) is 6.04 Å². The van der Waals surface area contributed by atoms with Gasteiger partial charge in [0, 0.05) is 18.5 Å². The van der Waals surface area contributed by atoms with Gasteiger partial charge in [0.15, 0.2) is 0 Å². The second-order valence-corrected chi connectivity index (χ2v) is 7.54. The van der Waals surface area contributed by atoms with E-state index in [1.807, 2.05) is 30.3 Å². The molecule has 2 fully saturated rings. The lowest BCUT2D eigenvalue weighted by Gasteiger charge is -2.40. The highest BCUT2D eigenvalue weighted by molar-refractivity contribution is 5.86. The molecule has 1 saturated heterocycles. The van der Waals surface area contributed by atoms with Gasteiger partial charge in [-0.1, -0.05) is 41.9 Å². The molecule has 1 unspecified atom stereocenters. The first-order chi connectivity index (χ1) is 13.1. The molecule has 1 aliphatic heterocycles. The van der Waals surface area contributed by atoms with Gasteiger partial charge in [-0.25, -0.2) is 0 Å². The molecule has 1 aromatic heterocycles. The Morgan fingerprint density at radius 3 is 2.63 bits per heavy atom. The van der Waals surface area contributed by atoms with Gasteiger partial charge in [0.2, 0.25) is 17.6 Å². The van der Waals surface area contributed by atoms with Gasteiger partial charge < -0.3 is 14.5 Å². The van der Waals surface area contributed by atoms with Crippen LogP contribution in [-0.2, 0) is 9.59 Å². The lowest BCUT2D eigenvalue weighted by atomic mass is 9.66. The summed E-state index contributed by atoms with van der Waals surface area (Å²) in [5.41, 5.74) is -0.0242. The molecule has 2 aliphatic rings. The Morgan fingerprint density at radius 2 is 1.96 bits per heavy atom. The Morgan fingerprint density at radius 1 is 1.19 bits per heavy atom. The first-order valence-electron chi connectivity index (χ1n) is 9.51. The molecule has 0 bridgehead atoms. The van der Waals surface area contributed by atoms with Crippen LogP contribution in [0, 0.1) is 5.41 Å². The molecule has 2 aromatic rings. The number of hydrogen-bond donors (Lipinski definition) is 1. The van der Waals surface area contributed by atoms with Crippen LogP contribution < -0.4 is 0 Å². The molecular weight excluding hydrogens is 346 g/mol. The van der Waals surface area contributed by atoms with E-state index in [1.54, 1.807) is 4.90 Å². The van der Waals surface area contributed by atoms with Gasteiger partial charge in [-0.15, -0.1) is 0 Å². The zero-order valence-corrected chi connectivity index (χ0v) is 15.1. The minimum Gasteiger partial charge on any atom is -0.481 e. The quantitative estimate of drug-likeness (QED) is 0.867. The molecule has 2 heterocycles. The normalized spacial score (nSPS) is 21.5. The van der Waals surface area contributed by atoms with Crippen molar-refractivity contribution in [3.63, 3.8) is 0 Å². The van der Waals surface area contributed by atoms with Crippen molar-refractivity contribution in [1.82, 2.24) is 15.0 Å². The number of benzene rings is 1. The topological polar surface area (TPSA) is 96.5 Å². The number of hydrogen-bond acceptors (Lipinski definition) is 5. The van der Waals surface area contributed by atoms with Crippen LogP contribution in [0.1, 0.15) is 56.9 Å². The fraction of sp³-hybridized carbons (Fsp3) is 0.500. The summed E-state index contributed by atoms with van der Waals surface area (Å²) in [6.07, 6.45) is 4.70. The Bertz CT molecular complexity index is 829. The van der Waals surface area contributed by atoms with Crippen LogP contribution in [0.5, 0.6) is 0 Å². The SMILES string of the molecule is O=C(CC1(C(=O)O)CCC1)N1CCCCC1c1nc(-c2ccccc2)no1. The maximum Gasteiger partial charge on any atom is 0.310 e. The molecular formula is C20H23N3O4. The van der Waals surface area contributed by atoms with Gasteiger partial charge in [-0.3, -0.25) is 9.59 Å². The van der Waals surface area contributed by atoms with Crippen LogP contribution in [-0.4, -0.2) is 38.6 Å². The highest BCUT2D eigenvalue weighted by atomic mass is 16.5. The van der Waals surface area contributed by atoms with Crippen molar-refractivity contribution < 1.29 is 19.2 Å². The second kappa shape index (κ2) is 7.13. The molecule has 1 atom stereocenters. The van der Waals surface area contributed by atoms with Gasteiger partial charge in [0.25, 0.3) is 0 Å². The summed E-state index contributed by atoms with van der Waals surface area (Å²) in [5, 5.41) is 13.6. The van der Waals surface area contributed by atoms with Crippen LogP contribution in [0.15, 0.2) is 34.9 Å². The fourth-order valence-corrected chi connectivity index (χ4v) is 4.02. The van der Waals surface area contributed by atoms with E-state index in [0.717, 1.165) is 31.2 Å². The standard InChI is InChI=1S/C20H23N3O4/c24-16(13-20(19(25)26)10-6-11-20)23-12-5-4-9-15(23)18-21-17(22-27-18)14-7-2-1-3-8-14/h1-3,7-8,15H,4-6,9-13H2,(H,25,26). The predicted molar refractivity (Wildman–Crippen MR) is 96.6 cm³/mol. The number of nitrogens with zero attached hydrogens (tertiary/aromatic N) is 3. The molecule has 1 N–H and O–H groups in total. The summed E-state index contributed by atoms with van der Waals surface area (Å²) >= 11 is 0. The van der Waals surface area contributed by atoms with Crippen LogP contribution in [0.4, 0.5) is 0 Å². The van der Waals surface area contributed by atoms with E-state index < -0.39 is 11.4 Å². The van der Waals surface area contributed by atoms with E-state index in [2.05, 4.69) is 10.1 Å². The van der Waals surface area contributed by atoms with Gasteiger partial charge >= 0.3 is 5.97 Å². The minimum atomic E-state index is -0.886. The summed E-state index contributed by atoms with van der Waals surface area (Å²) in [7, 11) is 0. The number of aliphatic carboxylic acids is 1. The van der Waals surface area contributed by atoms with Crippen molar-refractivity contribution in [1.29, 1.82) is 0 Å². The Kier molecular flexibility index (Phi) is 4.68. The lowest BCUT2D eigenvalue weighted by Crippen LogP contribution is -2.46. The van der Waals surface area contributed by atoms with E-state index >= 15 is 0 Å². The Hall–Kier alpha value is -2.70.